The monoisotopic (exact) mass is 168 g/mol. The molecule has 0 heterocycles. The van der Waals surface area contributed by atoms with Crippen molar-refractivity contribution in [1.29, 1.82) is 0 Å². The highest BCUT2D eigenvalue weighted by molar-refractivity contribution is 4.82. The van der Waals surface area contributed by atoms with E-state index in [9.17, 15) is 0 Å². The lowest BCUT2D eigenvalue weighted by Gasteiger charge is -2.39. The average molecular weight is 168 g/mol. The minimum absolute atomic E-state index is 1.18. The number of hydrogen-bond donors (Lipinski definition) is 0. The Morgan fingerprint density at radius 1 is 0.750 bits per heavy atom. The van der Waals surface area contributed by atoms with E-state index in [0.717, 1.165) is 0 Å². The number of unbranched alkanes of at least 4 members (excludes halogenated alkanes) is 1. The number of rotatable bonds is 2. The van der Waals surface area contributed by atoms with Gasteiger partial charge in [-0.15, -0.1) is 0 Å². The van der Waals surface area contributed by atoms with Crippen LogP contribution < -0.4 is 0 Å². The average Bonchev–Trinajstić information content (AvgIpc) is 1.93. The van der Waals surface area contributed by atoms with Gasteiger partial charge in [0.25, 0.3) is 0 Å². The van der Waals surface area contributed by atoms with Crippen molar-refractivity contribution in [2.24, 2.45) is 11.8 Å². The lowest BCUT2D eigenvalue weighted by molar-refractivity contribution is 0.129. The maximum absolute atomic E-state index is 2.18. The van der Waals surface area contributed by atoms with Crippen LogP contribution in [-0.2, 0) is 0 Å². The summed E-state index contributed by atoms with van der Waals surface area (Å²) in [4.78, 5) is 0. The van der Waals surface area contributed by atoms with Gasteiger partial charge in [0.1, 0.15) is 0 Å². The number of hydrogen-bond acceptors (Lipinski definition) is 0. The van der Waals surface area contributed by atoms with E-state index in [2.05, 4.69) is 13.8 Å². The van der Waals surface area contributed by atoms with Crippen molar-refractivity contribution in [2.45, 2.75) is 65.2 Å². The molecule has 0 amide bonds. The summed E-state index contributed by atoms with van der Waals surface area (Å²) in [5, 5.41) is 0. The Labute approximate surface area is 77.7 Å². The molecule has 0 aromatic carbocycles. The predicted molar refractivity (Wildman–Crippen MR) is 55.3 cm³/mol. The zero-order chi connectivity index (χ0) is 8.81. The van der Waals surface area contributed by atoms with Crippen LogP contribution in [0.2, 0.25) is 0 Å². The molecule has 0 aromatic rings. The zero-order valence-electron chi connectivity index (χ0n) is 8.81. The second-order valence-corrected chi connectivity index (χ2v) is 4.38. The minimum Gasteiger partial charge on any atom is -0.0654 e. The molecule has 0 aromatic heterocycles. The third-order valence-corrected chi connectivity index (χ3v) is 3.47. The Hall–Kier alpha value is 0. The Bertz CT molecular complexity index is 84.6. The largest absolute Gasteiger partial charge is 0.0654 e. The molecule has 0 nitrogen and oxygen atoms in total. The van der Waals surface area contributed by atoms with E-state index in [0.29, 0.717) is 0 Å². The summed E-state index contributed by atoms with van der Waals surface area (Å²) < 4.78 is 0. The molecule has 2 fully saturated rings. The van der Waals surface area contributed by atoms with Crippen LogP contribution in [0.4, 0.5) is 0 Å². The molecular formula is C12H24. The summed E-state index contributed by atoms with van der Waals surface area (Å²) >= 11 is 0. The van der Waals surface area contributed by atoms with Crippen molar-refractivity contribution in [3.05, 3.63) is 0 Å². The topological polar surface area (TPSA) is 0 Å². The highest BCUT2D eigenvalue weighted by atomic mass is 14.4. The molecule has 0 atom stereocenters. The second-order valence-electron chi connectivity index (χ2n) is 4.38. The first kappa shape index (κ1) is 10.1. The first-order chi connectivity index (χ1) is 5.88. The van der Waals surface area contributed by atoms with Gasteiger partial charge in [-0.05, 0) is 11.8 Å². The molecule has 12 heavy (non-hydrogen) atoms. The van der Waals surface area contributed by atoms with Crippen LogP contribution in [0.3, 0.4) is 0 Å². The van der Waals surface area contributed by atoms with Gasteiger partial charge < -0.3 is 0 Å². The van der Waals surface area contributed by atoms with E-state index >= 15 is 0 Å². The molecule has 2 aliphatic carbocycles. The molecule has 0 heteroatoms. The lowest BCUT2D eigenvalue weighted by Crippen LogP contribution is -2.26. The third kappa shape index (κ3) is 2.80. The SMILES string of the molecule is C1CC(C2CCC2)C1.CCCC. The van der Waals surface area contributed by atoms with Gasteiger partial charge in [0.15, 0.2) is 0 Å². The van der Waals surface area contributed by atoms with E-state index in [-0.39, 0.29) is 0 Å². The van der Waals surface area contributed by atoms with Crippen molar-refractivity contribution >= 4 is 0 Å². The van der Waals surface area contributed by atoms with E-state index in [1.807, 2.05) is 0 Å². The van der Waals surface area contributed by atoms with Gasteiger partial charge in [-0.2, -0.15) is 0 Å². The van der Waals surface area contributed by atoms with Crippen molar-refractivity contribution in [1.82, 2.24) is 0 Å². The summed E-state index contributed by atoms with van der Waals surface area (Å²) in [6, 6.07) is 0. The fourth-order valence-electron chi connectivity index (χ4n) is 1.82. The molecular weight excluding hydrogens is 144 g/mol. The molecule has 0 aliphatic heterocycles. The molecule has 0 radical (unpaired) electrons. The zero-order valence-corrected chi connectivity index (χ0v) is 8.81. The standard InChI is InChI=1S/C8H14.C4H10/c1-3-7(4-1)8-5-2-6-8;1-3-4-2/h7-8H,1-6H2;3-4H2,1-2H3. The van der Waals surface area contributed by atoms with Crippen LogP contribution >= 0.6 is 0 Å². The summed E-state index contributed by atoms with van der Waals surface area (Å²) in [6.07, 6.45) is 11.9. The molecule has 2 aliphatic rings. The Morgan fingerprint density at radius 3 is 1.17 bits per heavy atom. The first-order valence-corrected chi connectivity index (χ1v) is 5.88. The smallest absolute Gasteiger partial charge is 0.0386 e. The fourth-order valence-corrected chi connectivity index (χ4v) is 1.82. The Morgan fingerprint density at radius 2 is 1.08 bits per heavy atom. The molecule has 0 unspecified atom stereocenters. The predicted octanol–water partition coefficient (Wildman–Crippen LogP) is 4.39. The molecule has 2 rings (SSSR count). The normalized spacial score (nSPS) is 23.5. The highest BCUT2D eigenvalue weighted by Crippen LogP contribution is 2.43. The summed E-state index contributed by atoms with van der Waals surface area (Å²) in [5.74, 6) is 2.37. The molecule has 0 bridgehead atoms. The van der Waals surface area contributed by atoms with E-state index in [1.54, 1.807) is 25.7 Å². The molecule has 0 saturated heterocycles. The summed E-state index contributed by atoms with van der Waals surface area (Å²) in [6.45, 7) is 4.36. The van der Waals surface area contributed by atoms with Crippen LogP contribution in [0.25, 0.3) is 0 Å². The quantitative estimate of drug-likeness (QED) is 0.573. The minimum atomic E-state index is 1.18. The van der Waals surface area contributed by atoms with E-state index in [1.165, 1.54) is 37.5 Å². The van der Waals surface area contributed by atoms with Crippen molar-refractivity contribution in [2.75, 3.05) is 0 Å². The van der Waals surface area contributed by atoms with Crippen molar-refractivity contribution in [3.63, 3.8) is 0 Å². The highest BCUT2D eigenvalue weighted by Gasteiger charge is 2.30. The van der Waals surface area contributed by atoms with Gasteiger partial charge in [0, 0.05) is 0 Å². The van der Waals surface area contributed by atoms with E-state index in [4.69, 9.17) is 0 Å². The summed E-state index contributed by atoms with van der Waals surface area (Å²) in [7, 11) is 0. The molecule has 2 saturated carbocycles. The Balaban J connectivity index is 0.000000157. The van der Waals surface area contributed by atoms with E-state index < -0.39 is 0 Å². The van der Waals surface area contributed by atoms with Gasteiger partial charge in [-0.3, -0.25) is 0 Å². The molecule has 0 spiro atoms. The van der Waals surface area contributed by atoms with Crippen LogP contribution in [0, 0.1) is 11.8 Å². The van der Waals surface area contributed by atoms with Gasteiger partial charge in [0.2, 0.25) is 0 Å². The van der Waals surface area contributed by atoms with Crippen LogP contribution in [0.5, 0.6) is 0 Å². The van der Waals surface area contributed by atoms with Gasteiger partial charge in [-0.1, -0.05) is 65.2 Å². The van der Waals surface area contributed by atoms with Gasteiger partial charge >= 0.3 is 0 Å². The van der Waals surface area contributed by atoms with Crippen molar-refractivity contribution < 1.29 is 0 Å². The van der Waals surface area contributed by atoms with Crippen LogP contribution in [0.1, 0.15) is 65.2 Å². The second kappa shape index (κ2) is 5.61. The lowest BCUT2D eigenvalue weighted by atomic mass is 9.67. The third-order valence-electron chi connectivity index (χ3n) is 3.47. The van der Waals surface area contributed by atoms with Gasteiger partial charge in [0.05, 0.1) is 0 Å². The fraction of sp³-hybridized carbons (Fsp3) is 1.00. The van der Waals surface area contributed by atoms with Crippen molar-refractivity contribution in [3.8, 4) is 0 Å². The van der Waals surface area contributed by atoms with Crippen LogP contribution in [-0.4, -0.2) is 0 Å². The maximum atomic E-state index is 2.18. The maximum Gasteiger partial charge on any atom is -0.0386 e. The summed E-state index contributed by atoms with van der Waals surface area (Å²) in [5.41, 5.74) is 0. The first-order valence-electron chi connectivity index (χ1n) is 5.88. The molecule has 72 valence electrons. The molecule has 0 N–H and O–H groups in total. The Kier molecular flexibility index (Phi) is 4.72. The van der Waals surface area contributed by atoms with Crippen LogP contribution in [0.15, 0.2) is 0 Å². The van der Waals surface area contributed by atoms with Gasteiger partial charge in [-0.25, -0.2) is 0 Å².